The Hall–Kier alpha value is -3.99. The van der Waals surface area contributed by atoms with Gasteiger partial charge in [-0.2, -0.15) is 4.68 Å². The third-order valence-electron chi connectivity index (χ3n) is 5.30. The summed E-state index contributed by atoms with van der Waals surface area (Å²) in [7, 11) is 0. The van der Waals surface area contributed by atoms with Gasteiger partial charge in [0.1, 0.15) is 5.75 Å². The molecule has 0 fully saturated rings. The molecule has 0 unspecified atom stereocenters. The number of nitrogens with two attached hydrogens (primary N) is 1. The molecular formula is C24H27ClN6O5. The first-order valence-electron chi connectivity index (χ1n) is 11.4. The number of nitrogens with zero attached hydrogens (tertiary/aromatic N) is 5. The highest BCUT2D eigenvalue weighted by Crippen LogP contribution is 2.28. The number of ether oxygens (including phenoxy) is 1. The summed E-state index contributed by atoms with van der Waals surface area (Å²) in [5, 5.41) is 2.65. The van der Waals surface area contributed by atoms with Crippen molar-refractivity contribution >= 4 is 23.2 Å². The van der Waals surface area contributed by atoms with Gasteiger partial charge in [0, 0.05) is 18.1 Å². The van der Waals surface area contributed by atoms with Crippen LogP contribution in [-0.4, -0.2) is 26.3 Å². The molecule has 0 radical (unpaired) electrons. The predicted octanol–water partition coefficient (Wildman–Crippen LogP) is 2.63. The molecule has 0 saturated carbocycles. The van der Waals surface area contributed by atoms with E-state index < -0.39 is 17.3 Å². The topological polar surface area (TPSA) is 143 Å². The predicted molar refractivity (Wildman–Crippen MR) is 136 cm³/mol. The van der Waals surface area contributed by atoms with E-state index in [2.05, 4.69) is 10.2 Å². The molecule has 11 nitrogen and oxygen atoms in total. The number of halogens is 1. The Labute approximate surface area is 211 Å². The van der Waals surface area contributed by atoms with E-state index in [9.17, 15) is 19.3 Å². The van der Waals surface area contributed by atoms with E-state index in [0.29, 0.717) is 23.1 Å². The molecule has 2 aromatic carbocycles. The van der Waals surface area contributed by atoms with E-state index in [0.717, 1.165) is 26.8 Å². The molecule has 0 aliphatic carbocycles. The molecule has 0 saturated heterocycles. The summed E-state index contributed by atoms with van der Waals surface area (Å²) in [4.78, 5) is 52.4. The highest BCUT2D eigenvalue weighted by molar-refractivity contribution is 6.32. The molecule has 0 bridgehead atoms. The number of hydrogen-bond acceptors (Lipinski definition) is 7. The van der Waals surface area contributed by atoms with Gasteiger partial charge in [0.05, 0.1) is 23.9 Å². The highest BCUT2D eigenvalue weighted by atomic mass is 35.5. The molecule has 1 heterocycles. The van der Waals surface area contributed by atoms with Crippen molar-refractivity contribution in [1.29, 1.82) is 0 Å². The number of nitroso groups, excluding NO2 is 1. The van der Waals surface area contributed by atoms with Crippen molar-refractivity contribution in [3.8, 4) is 5.75 Å². The van der Waals surface area contributed by atoms with Crippen molar-refractivity contribution in [3.63, 3.8) is 0 Å². The van der Waals surface area contributed by atoms with Gasteiger partial charge in [0.2, 0.25) is 5.62 Å². The number of carbonyl (C=O) groups is 1. The Morgan fingerprint density at radius 2 is 1.81 bits per heavy atom. The van der Waals surface area contributed by atoms with Crippen molar-refractivity contribution in [3.05, 3.63) is 90.1 Å². The smallest absolute Gasteiger partial charge is 0.353 e. The van der Waals surface area contributed by atoms with Gasteiger partial charge in [-0.15, -0.1) is 4.91 Å². The lowest BCUT2D eigenvalue weighted by Gasteiger charge is -2.14. The molecule has 0 atom stereocenters. The van der Waals surface area contributed by atoms with E-state index in [1.807, 2.05) is 38.1 Å². The zero-order valence-electron chi connectivity index (χ0n) is 20.0. The summed E-state index contributed by atoms with van der Waals surface area (Å²) < 4.78 is 8.52. The van der Waals surface area contributed by atoms with Gasteiger partial charge < -0.3 is 10.6 Å². The summed E-state index contributed by atoms with van der Waals surface area (Å²) in [6.07, 6.45) is 0.682. The molecule has 1 aromatic heterocycles. The summed E-state index contributed by atoms with van der Waals surface area (Å²) in [5.74, 6) is 5.74. The second-order valence-electron chi connectivity index (χ2n) is 8.12. The first-order valence-corrected chi connectivity index (χ1v) is 11.7. The zero-order valence-corrected chi connectivity index (χ0v) is 20.8. The summed E-state index contributed by atoms with van der Waals surface area (Å²) in [5.41, 5.74) is 0.612. The number of benzene rings is 2. The Morgan fingerprint density at radius 3 is 2.44 bits per heavy atom. The molecule has 12 heteroatoms. The minimum absolute atomic E-state index is 0.0651. The van der Waals surface area contributed by atoms with Crippen LogP contribution in [0, 0.1) is 11.8 Å². The number of aryl methyl sites for hydroxylation is 1. The van der Waals surface area contributed by atoms with Crippen LogP contribution in [0.15, 0.2) is 62.2 Å². The molecule has 0 spiro atoms. The lowest BCUT2D eigenvalue weighted by atomic mass is 10.1. The van der Waals surface area contributed by atoms with E-state index >= 15 is 0 Å². The van der Waals surface area contributed by atoms with Crippen LogP contribution in [0.3, 0.4) is 0 Å². The second-order valence-corrected chi connectivity index (χ2v) is 8.53. The number of nitrogen functional groups attached to an aromatic ring is 1. The average Bonchev–Trinajstić information content (AvgIpc) is 2.87. The SMILES string of the molecule is CCCOc1ccc(N=c2n(N)c(=O)n(CCCC(=O)N=O)c(=O)n2Cc2ccc(C)cc2)cc1Cl. The maximum Gasteiger partial charge on any atom is 0.353 e. The van der Waals surface area contributed by atoms with E-state index in [-0.39, 0.29) is 31.5 Å². The largest absolute Gasteiger partial charge is 0.492 e. The van der Waals surface area contributed by atoms with E-state index in [1.165, 1.54) is 4.57 Å². The molecule has 0 aliphatic heterocycles. The molecule has 3 rings (SSSR count). The third-order valence-corrected chi connectivity index (χ3v) is 5.59. The van der Waals surface area contributed by atoms with Gasteiger partial charge in [0.25, 0.3) is 5.91 Å². The standard InChI is InChI=1S/C24H27ClN6O5/c1-3-13-36-20-11-10-18(14-19(20)25)27-22-30(15-17-8-6-16(2)7-9-17)23(33)29(24(34)31(22)26)12-4-5-21(32)28-35/h6-11,14H,3-5,12-13,15,26H2,1-2H3. The Morgan fingerprint density at radius 1 is 1.08 bits per heavy atom. The van der Waals surface area contributed by atoms with Crippen molar-refractivity contribution in [1.82, 2.24) is 13.8 Å². The second kappa shape index (κ2) is 12.1. The van der Waals surface area contributed by atoms with Crippen LogP contribution in [-0.2, 0) is 17.9 Å². The lowest BCUT2D eigenvalue weighted by Crippen LogP contribution is -2.57. The molecule has 1 amide bonds. The number of carbonyl (C=O) groups excluding carboxylic acids is 1. The molecular weight excluding hydrogens is 488 g/mol. The summed E-state index contributed by atoms with van der Waals surface area (Å²) in [6, 6.07) is 12.4. The summed E-state index contributed by atoms with van der Waals surface area (Å²) in [6.45, 7) is 4.37. The van der Waals surface area contributed by atoms with Crippen molar-refractivity contribution in [2.75, 3.05) is 12.4 Å². The van der Waals surface area contributed by atoms with Crippen molar-refractivity contribution in [2.45, 2.75) is 46.2 Å². The van der Waals surface area contributed by atoms with Crippen LogP contribution in [0.4, 0.5) is 5.69 Å². The first-order chi connectivity index (χ1) is 17.2. The fourth-order valence-corrected chi connectivity index (χ4v) is 3.65. The Balaban J connectivity index is 2.14. The maximum atomic E-state index is 13.4. The van der Waals surface area contributed by atoms with Gasteiger partial charge in [-0.05, 0) is 43.5 Å². The van der Waals surface area contributed by atoms with Crippen LogP contribution in [0.5, 0.6) is 5.75 Å². The van der Waals surface area contributed by atoms with Crippen molar-refractivity contribution in [2.24, 2.45) is 10.2 Å². The van der Waals surface area contributed by atoms with Gasteiger partial charge in [0.15, 0.2) is 0 Å². The number of amides is 1. The van der Waals surface area contributed by atoms with Crippen molar-refractivity contribution < 1.29 is 9.53 Å². The zero-order chi connectivity index (χ0) is 26.2. The molecule has 0 aliphatic rings. The monoisotopic (exact) mass is 514 g/mol. The van der Waals surface area contributed by atoms with Crippen LogP contribution in [0.2, 0.25) is 5.02 Å². The van der Waals surface area contributed by atoms with Gasteiger partial charge in [-0.3, -0.25) is 9.36 Å². The minimum atomic E-state index is -0.862. The van der Waals surface area contributed by atoms with Gasteiger partial charge >= 0.3 is 11.4 Å². The lowest BCUT2D eigenvalue weighted by molar-refractivity contribution is -0.118. The van der Waals surface area contributed by atoms with Crippen LogP contribution in [0.1, 0.15) is 37.3 Å². The number of hydrogen-bond donors (Lipinski definition) is 1. The molecule has 3 aromatic rings. The van der Waals surface area contributed by atoms with Crippen LogP contribution >= 0.6 is 11.6 Å². The van der Waals surface area contributed by atoms with Crippen LogP contribution < -0.4 is 27.6 Å². The Bertz CT molecular complexity index is 1440. The fourth-order valence-electron chi connectivity index (χ4n) is 3.42. The van der Waals surface area contributed by atoms with Gasteiger partial charge in [-0.1, -0.05) is 48.4 Å². The third kappa shape index (κ3) is 6.36. The van der Waals surface area contributed by atoms with E-state index in [4.69, 9.17) is 22.2 Å². The van der Waals surface area contributed by atoms with Crippen LogP contribution in [0.25, 0.3) is 0 Å². The fraction of sp³-hybridized carbons (Fsp3) is 0.333. The summed E-state index contributed by atoms with van der Waals surface area (Å²) >= 11 is 6.32. The molecule has 36 heavy (non-hydrogen) atoms. The normalized spacial score (nSPS) is 11.5. The minimum Gasteiger partial charge on any atom is -0.492 e. The molecule has 190 valence electrons. The number of rotatable bonds is 10. The first kappa shape index (κ1) is 26.6. The highest BCUT2D eigenvalue weighted by Gasteiger charge is 2.15. The average molecular weight is 515 g/mol. The number of aromatic nitrogens is 3. The Kier molecular flexibility index (Phi) is 8.96. The van der Waals surface area contributed by atoms with E-state index in [1.54, 1.807) is 18.2 Å². The quantitative estimate of drug-likeness (QED) is 0.325. The van der Waals surface area contributed by atoms with Gasteiger partial charge in [-0.25, -0.2) is 19.1 Å². The molecule has 2 N–H and O–H groups in total. The maximum absolute atomic E-state index is 13.4.